The molecule has 0 N–H and O–H groups in total. The first-order valence-corrected chi connectivity index (χ1v) is 4.48. The summed E-state index contributed by atoms with van der Waals surface area (Å²) in [5.74, 6) is -0.979. The molecule has 0 atom stereocenters. The van der Waals surface area contributed by atoms with Crippen molar-refractivity contribution in [1.82, 2.24) is 0 Å². The van der Waals surface area contributed by atoms with Crippen LogP contribution in [0.3, 0.4) is 0 Å². The number of ether oxygens (including phenoxy) is 2. The van der Waals surface area contributed by atoms with Crippen LogP contribution in [-0.4, -0.2) is 31.7 Å². The number of unbranched alkanes of at least 4 members (excludes halogenated alkanes) is 1. The van der Waals surface area contributed by atoms with Gasteiger partial charge in [0.1, 0.15) is 0 Å². The van der Waals surface area contributed by atoms with Crippen LogP contribution in [-0.2, 0) is 19.1 Å². The van der Waals surface area contributed by atoms with Gasteiger partial charge in [-0.2, -0.15) is 0 Å². The lowest BCUT2D eigenvalue weighted by molar-refractivity contribution is -0.142. The molecule has 0 rings (SSSR count). The van der Waals surface area contributed by atoms with E-state index in [0.717, 1.165) is 6.08 Å². The van der Waals surface area contributed by atoms with E-state index in [9.17, 15) is 9.59 Å². The lowest BCUT2D eigenvalue weighted by atomic mass is 10.3. The zero-order valence-corrected chi connectivity index (χ0v) is 8.40. The standard InChI is InChI=1S/C10H13NO4/c1-3-9(12)14-6-4-5-7-15-10(13)8-11-2/h3H,1,4-8H2. The molecule has 0 unspecified atom stereocenters. The average molecular weight is 211 g/mol. The molecule has 0 fully saturated rings. The van der Waals surface area contributed by atoms with Gasteiger partial charge in [-0.05, 0) is 12.8 Å². The van der Waals surface area contributed by atoms with Gasteiger partial charge < -0.3 is 14.3 Å². The number of hydrogen-bond donors (Lipinski definition) is 0. The fourth-order valence-corrected chi connectivity index (χ4v) is 0.732. The molecule has 0 aliphatic heterocycles. The van der Waals surface area contributed by atoms with Gasteiger partial charge in [-0.3, -0.25) is 0 Å². The SMILES string of the molecule is [C-]#[N+]CC(=O)OCCCCOC(=O)C=C. The van der Waals surface area contributed by atoms with Crippen molar-refractivity contribution in [2.24, 2.45) is 0 Å². The number of carbonyl (C=O) groups is 2. The van der Waals surface area contributed by atoms with Crippen LogP contribution in [0.15, 0.2) is 12.7 Å². The Labute approximate surface area is 88.5 Å². The average Bonchev–Trinajstić information content (AvgIpc) is 2.23. The van der Waals surface area contributed by atoms with Gasteiger partial charge in [-0.25, -0.2) is 16.2 Å². The Morgan fingerprint density at radius 1 is 1.27 bits per heavy atom. The Balaban J connectivity index is 3.26. The smallest absolute Gasteiger partial charge is 0.387 e. The lowest BCUT2D eigenvalue weighted by Crippen LogP contribution is -2.09. The first-order chi connectivity index (χ1) is 7.20. The molecule has 5 nitrogen and oxygen atoms in total. The van der Waals surface area contributed by atoms with Gasteiger partial charge in [0.15, 0.2) is 0 Å². The van der Waals surface area contributed by atoms with Crippen LogP contribution in [0.1, 0.15) is 12.8 Å². The number of rotatable bonds is 7. The van der Waals surface area contributed by atoms with Gasteiger partial charge >= 0.3 is 18.5 Å². The molecule has 82 valence electrons. The zero-order valence-electron chi connectivity index (χ0n) is 8.40. The Morgan fingerprint density at radius 2 is 1.87 bits per heavy atom. The van der Waals surface area contributed by atoms with E-state index in [2.05, 4.69) is 11.4 Å². The summed E-state index contributed by atoms with van der Waals surface area (Å²) >= 11 is 0. The van der Waals surface area contributed by atoms with Gasteiger partial charge in [-0.15, -0.1) is 0 Å². The second-order valence-corrected chi connectivity index (χ2v) is 2.62. The van der Waals surface area contributed by atoms with E-state index in [1.807, 2.05) is 0 Å². The van der Waals surface area contributed by atoms with Crippen molar-refractivity contribution in [3.63, 3.8) is 0 Å². The van der Waals surface area contributed by atoms with Crippen LogP contribution in [0.4, 0.5) is 0 Å². The van der Waals surface area contributed by atoms with Crippen LogP contribution in [0.2, 0.25) is 0 Å². The molecular weight excluding hydrogens is 198 g/mol. The van der Waals surface area contributed by atoms with E-state index < -0.39 is 11.9 Å². The summed E-state index contributed by atoms with van der Waals surface area (Å²) in [5.41, 5.74) is 0. The normalized spacial score (nSPS) is 8.73. The fraction of sp³-hybridized carbons (Fsp3) is 0.500. The summed E-state index contributed by atoms with van der Waals surface area (Å²) in [6, 6.07) is 0. The molecule has 0 saturated heterocycles. The number of carbonyl (C=O) groups excluding carboxylic acids is 2. The maximum atomic E-state index is 10.7. The van der Waals surface area contributed by atoms with Gasteiger partial charge in [0.05, 0.1) is 13.2 Å². The highest BCUT2D eigenvalue weighted by Gasteiger charge is 2.03. The molecule has 0 aromatic carbocycles. The van der Waals surface area contributed by atoms with Crippen molar-refractivity contribution in [2.45, 2.75) is 12.8 Å². The van der Waals surface area contributed by atoms with E-state index in [0.29, 0.717) is 12.8 Å². The summed E-state index contributed by atoms with van der Waals surface area (Å²) < 4.78 is 9.40. The molecule has 0 amide bonds. The van der Waals surface area contributed by atoms with E-state index in [-0.39, 0.29) is 19.8 Å². The zero-order chi connectivity index (χ0) is 11.5. The second-order valence-electron chi connectivity index (χ2n) is 2.62. The minimum atomic E-state index is -0.520. The van der Waals surface area contributed by atoms with E-state index in [1.165, 1.54) is 0 Å². The van der Waals surface area contributed by atoms with Crippen LogP contribution in [0.5, 0.6) is 0 Å². The van der Waals surface area contributed by atoms with Gasteiger partial charge in [0.2, 0.25) is 0 Å². The van der Waals surface area contributed by atoms with Crippen molar-refractivity contribution in [3.8, 4) is 0 Å². The molecule has 15 heavy (non-hydrogen) atoms. The Bertz CT molecular complexity index is 267. The Morgan fingerprint density at radius 3 is 2.40 bits per heavy atom. The topological polar surface area (TPSA) is 57.0 Å². The van der Waals surface area contributed by atoms with Crippen molar-refractivity contribution in [1.29, 1.82) is 0 Å². The first-order valence-electron chi connectivity index (χ1n) is 4.48. The quantitative estimate of drug-likeness (QED) is 0.272. The monoisotopic (exact) mass is 211 g/mol. The van der Waals surface area contributed by atoms with Gasteiger partial charge in [0, 0.05) is 6.08 Å². The molecule has 0 saturated carbocycles. The minimum Gasteiger partial charge on any atom is -0.463 e. The highest BCUT2D eigenvalue weighted by Crippen LogP contribution is 1.93. The summed E-state index contributed by atoms with van der Waals surface area (Å²) in [6.07, 6.45) is 2.31. The second kappa shape index (κ2) is 8.75. The van der Waals surface area contributed by atoms with Crippen molar-refractivity contribution >= 4 is 11.9 Å². The first kappa shape index (κ1) is 13.2. The van der Waals surface area contributed by atoms with Crippen LogP contribution in [0.25, 0.3) is 4.85 Å². The molecule has 0 spiro atoms. The molecule has 0 bridgehead atoms. The van der Waals surface area contributed by atoms with Crippen molar-refractivity contribution in [2.75, 3.05) is 19.8 Å². The van der Waals surface area contributed by atoms with Gasteiger partial charge in [-0.1, -0.05) is 6.58 Å². The third kappa shape index (κ3) is 8.50. The molecule has 0 radical (unpaired) electrons. The number of nitrogens with zero attached hydrogens (tertiary/aromatic N) is 1. The fourth-order valence-electron chi connectivity index (χ4n) is 0.732. The molecule has 5 heteroatoms. The molecule has 0 aliphatic carbocycles. The Kier molecular flexibility index (Phi) is 7.69. The van der Waals surface area contributed by atoms with Crippen LogP contribution in [0, 0.1) is 6.57 Å². The van der Waals surface area contributed by atoms with E-state index >= 15 is 0 Å². The largest absolute Gasteiger partial charge is 0.463 e. The van der Waals surface area contributed by atoms with Gasteiger partial charge in [0.25, 0.3) is 0 Å². The molecule has 0 aliphatic rings. The van der Waals surface area contributed by atoms with E-state index in [1.54, 1.807) is 0 Å². The summed E-state index contributed by atoms with van der Waals surface area (Å²) in [7, 11) is 0. The number of esters is 2. The van der Waals surface area contributed by atoms with Crippen molar-refractivity contribution < 1.29 is 19.1 Å². The van der Waals surface area contributed by atoms with Crippen LogP contribution < -0.4 is 0 Å². The molecule has 0 aromatic rings. The summed E-state index contributed by atoms with van der Waals surface area (Å²) in [6.45, 7) is 9.94. The number of hydrogen-bond acceptors (Lipinski definition) is 4. The molecule has 0 heterocycles. The maximum Gasteiger partial charge on any atom is 0.387 e. The Hall–Kier alpha value is -1.83. The maximum absolute atomic E-state index is 10.7. The van der Waals surface area contributed by atoms with E-state index in [4.69, 9.17) is 16.0 Å². The minimum absolute atomic E-state index is 0.245. The highest BCUT2D eigenvalue weighted by molar-refractivity contribution is 5.81. The molecule has 0 aromatic heterocycles. The predicted octanol–water partition coefficient (Wildman–Crippen LogP) is 0.958. The third-order valence-corrected chi connectivity index (χ3v) is 1.42. The third-order valence-electron chi connectivity index (χ3n) is 1.42. The van der Waals surface area contributed by atoms with Crippen LogP contribution >= 0.6 is 0 Å². The summed E-state index contributed by atoms with van der Waals surface area (Å²) in [5, 5.41) is 0. The molecular formula is C10H13NO4. The predicted molar refractivity (Wildman–Crippen MR) is 52.8 cm³/mol. The summed E-state index contributed by atoms with van der Waals surface area (Å²) in [4.78, 5) is 24.2. The highest BCUT2D eigenvalue weighted by atomic mass is 16.5. The van der Waals surface area contributed by atoms with Crippen molar-refractivity contribution in [3.05, 3.63) is 24.1 Å². The lowest BCUT2D eigenvalue weighted by Gasteiger charge is -2.02.